The summed E-state index contributed by atoms with van der Waals surface area (Å²) >= 11 is 15.0. The fourth-order valence-corrected chi connectivity index (χ4v) is 2.86. The molecule has 1 nitrogen and oxygen atoms in total. The number of aliphatic hydroxyl groups excluding tert-OH is 1. The van der Waals surface area contributed by atoms with Gasteiger partial charge in [-0.1, -0.05) is 35.3 Å². The van der Waals surface area contributed by atoms with Crippen LogP contribution in [0.15, 0.2) is 40.9 Å². The van der Waals surface area contributed by atoms with Crippen LogP contribution in [0, 0.1) is 5.82 Å². The molecule has 106 valence electrons. The second-order valence-corrected chi connectivity index (χ2v) is 6.24. The third-order valence-corrected chi connectivity index (χ3v) is 4.12. The van der Waals surface area contributed by atoms with Crippen LogP contribution in [0.4, 0.5) is 4.39 Å². The maximum absolute atomic E-state index is 13.1. The van der Waals surface area contributed by atoms with Gasteiger partial charge in [0.05, 0.1) is 10.6 Å². The number of benzene rings is 2. The SMILES string of the molecule is OC(Cc1ccc(F)c(Br)c1)Cc1ccc(Cl)cc1Cl. The number of aliphatic hydroxyl groups is 1. The van der Waals surface area contributed by atoms with E-state index in [9.17, 15) is 9.50 Å². The molecule has 0 fully saturated rings. The molecule has 0 saturated heterocycles. The van der Waals surface area contributed by atoms with Crippen molar-refractivity contribution in [2.75, 3.05) is 0 Å². The monoisotopic (exact) mass is 376 g/mol. The van der Waals surface area contributed by atoms with Gasteiger partial charge in [-0.05, 0) is 57.7 Å². The zero-order chi connectivity index (χ0) is 14.7. The van der Waals surface area contributed by atoms with E-state index in [0.29, 0.717) is 27.4 Å². The van der Waals surface area contributed by atoms with Gasteiger partial charge in [-0.3, -0.25) is 0 Å². The van der Waals surface area contributed by atoms with Gasteiger partial charge < -0.3 is 5.11 Å². The minimum Gasteiger partial charge on any atom is -0.392 e. The predicted octanol–water partition coefficient (Wildman–Crippen LogP) is 5.04. The van der Waals surface area contributed by atoms with Gasteiger partial charge >= 0.3 is 0 Å². The number of hydrogen-bond acceptors (Lipinski definition) is 1. The van der Waals surface area contributed by atoms with Crippen LogP contribution in [-0.4, -0.2) is 11.2 Å². The van der Waals surface area contributed by atoms with E-state index in [1.54, 1.807) is 30.3 Å². The fraction of sp³-hybridized carbons (Fsp3) is 0.200. The van der Waals surface area contributed by atoms with Crippen LogP contribution in [0.1, 0.15) is 11.1 Å². The summed E-state index contributed by atoms with van der Waals surface area (Å²) < 4.78 is 13.5. The zero-order valence-electron chi connectivity index (χ0n) is 10.4. The van der Waals surface area contributed by atoms with E-state index in [-0.39, 0.29) is 5.82 Å². The summed E-state index contributed by atoms with van der Waals surface area (Å²) in [5, 5.41) is 11.2. The summed E-state index contributed by atoms with van der Waals surface area (Å²) in [6.45, 7) is 0. The first kappa shape index (κ1) is 15.8. The first-order valence-electron chi connectivity index (χ1n) is 6.01. The van der Waals surface area contributed by atoms with Gasteiger partial charge in [0.15, 0.2) is 0 Å². The maximum atomic E-state index is 13.1. The van der Waals surface area contributed by atoms with E-state index >= 15 is 0 Å². The predicted molar refractivity (Wildman–Crippen MR) is 84.0 cm³/mol. The van der Waals surface area contributed by atoms with Crippen molar-refractivity contribution in [3.63, 3.8) is 0 Å². The lowest BCUT2D eigenvalue weighted by Crippen LogP contribution is -2.14. The largest absolute Gasteiger partial charge is 0.392 e. The molecule has 0 aromatic heterocycles. The molecule has 0 amide bonds. The molecule has 0 heterocycles. The highest BCUT2D eigenvalue weighted by Gasteiger charge is 2.11. The number of rotatable bonds is 4. The van der Waals surface area contributed by atoms with Gasteiger partial charge in [0, 0.05) is 16.5 Å². The summed E-state index contributed by atoms with van der Waals surface area (Å²) in [7, 11) is 0. The Hall–Kier alpha value is -0.610. The second-order valence-electron chi connectivity index (χ2n) is 4.55. The first-order valence-corrected chi connectivity index (χ1v) is 7.56. The van der Waals surface area contributed by atoms with E-state index in [1.807, 2.05) is 0 Å². The quantitative estimate of drug-likeness (QED) is 0.791. The van der Waals surface area contributed by atoms with Crippen molar-refractivity contribution in [2.45, 2.75) is 18.9 Å². The standard InChI is InChI=1S/C15H12BrCl2FO/c16-13-6-9(1-4-15(13)19)5-12(20)7-10-2-3-11(17)8-14(10)18/h1-4,6,8,12,20H,5,7H2. The molecule has 0 aliphatic rings. The van der Waals surface area contributed by atoms with Gasteiger partial charge in [-0.15, -0.1) is 0 Å². The van der Waals surface area contributed by atoms with Crippen molar-refractivity contribution >= 4 is 39.1 Å². The number of hydrogen-bond donors (Lipinski definition) is 1. The number of halogens is 4. The van der Waals surface area contributed by atoms with Crippen molar-refractivity contribution in [3.05, 3.63) is 67.9 Å². The van der Waals surface area contributed by atoms with Gasteiger partial charge in [0.25, 0.3) is 0 Å². The molecule has 0 bridgehead atoms. The van der Waals surface area contributed by atoms with Gasteiger partial charge in [0.2, 0.25) is 0 Å². The van der Waals surface area contributed by atoms with E-state index in [4.69, 9.17) is 23.2 Å². The molecular formula is C15H12BrCl2FO. The summed E-state index contributed by atoms with van der Waals surface area (Å²) in [6.07, 6.45) is 0.258. The van der Waals surface area contributed by atoms with Gasteiger partial charge in [-0.25, -0.2) is 4.39 Å². The van der Waals surface area contributed by atoms with E-state index < -0.39 is 6.10 Å². The van der Waals surface area contributed by atoms with E-state index in [1.165, 1.54) is 6.07 Å². The molecular weight excluding hydrogens is 366 g/mol. The molecule has 1 unspecified atom stereocenters. The summed E-state index contributed by atoms with van der Waals surface area (Å²) in [6, 6.07) is 9.90. The Morgan fingerprint density at radius 2 is 1.85 bits per heavy atom. The highest BCUT2D eigenvalue weighted by molar-refractivity contribution is 9.10. The van der Waals surface area contributed by atoms with Crippen molar-refractivity contribution < 1.29 is 9.50 Å². The van der Waals surface area contributed by atoms with Crippen LogP contribution in [0.2, 0.25) is 10.0 Å². The molecule has 2 aromatic rings. The molecule has 2 rings (SSSR count). The van der Waals surface area contributed by atoms with Crippen molar-refractivity contribution in [3.8, 4) is 0 Å². The van der Waals surface area contributed by atoms with Gasteiger partial charge in [0.1, 0.15) is 5.82 Å². The van der Waals surface area contributed by atoms with Crippen LogP contribution < -0.4 is 0 Å². The van der Waals surface area contributed by atoms with Crippen molar-refractivity contribution in [1.29, 1.82) is 0 Å². The lowest BCUT2D eigenvalue weighted by molar-refractivity contribution is 0.175. The Morgan fingerprint density at radius 3 is 2.50 bits per heavy atom. The molecule has 0 aliphatic heterocycles. The van der Waals surface area contributed by atoms with Crippen molar-refractivity contribution in [2.24, 2.45) is 0 Å². The second kappa shape index (κ2) is 6.90. The van der Waals surface area contributed by atoms with Crippen LogP contribution in [-0.2, 0) is 12.8 Å². The van der Waals surface area contributed by atoms with E-state index in [0.717, 1.165) is 11.1 Å². The average Bonchev–Trinajstić information content (AvgIpc) is 2.37. The maximum Gasteiger partial charge on any atom is 0.137 e. The molecule has 0 spiro atoms. The first-order chi connectivity index (χ1) is 9.45. The third-order valence-electron chi connectivity index (χ3n) is 2.93. The molecule has 0 radical (unpaired) electrons. The minimum atomic E-state index is -0.592. The topological polar surface area (TPSA) is 20.2 Å². The molecule has 1 atom stereocenters. The lowest BCUT2D eigenvalue weighted by Gasteiger charge is -2.12. The summed E-state index contributed by atoms with van der Waals surface area (Å²) in [5.41, 5.74) is 1.70. The third kappa shape index (κ3) is 4.19. The molecule has 0 saturated carbocycles. The Kier molecular flexibility index (Phi) is 5.44. The fourth-order valence-electron chi connectivity index (χ4n) is 1.95. The van der Waals surface area contributed by atoms with Gasteiger partial charge in [-0.2, -0.15) is 0 Å². The van der Waals surface area contributed by atoms with E-state index in [2.05, 4.69) is 15.9 Å². The highest BCUT2D eigenvalue weighted by Crippen LogP contribution is 2.23. The normalized spacial score (nSPS) is 12.4. The van der Waals surface area contributed by atoms with Crippen LogP contribution >= 0.6 is 39.1 Å². The van der Waals surface area contributed by atoms with Crippen molar-refractivity contribution in [1.82, 2.24) is 0 Å². The molecule has 5 heteroatoms. The van der Waals surface area contributed by atoms with Crippen LogP contribution in [0.25, 0.3) is 0 Å². The Bertz CT molecular complexity index is 619. The Morgan fingerprint density at radius 1 is 1.10 bits per heavy atom. The summed E-state index contributed by atoms with van der Waals surface area (Å²) in [5.74, 6) is -0.316. The van der Waals surface area contributed by atoms with Crippen LogP contribution in [0.3, 0.4) is 0 Å². The highest BCUT2D eigenvalue weighted by atomic mass is 79.9. The smallest absolute Gasteiger partial charge is 0.137 e. The Labute approximate surface area is 135 Å². The molecule has 20 heavy (non-hydrogen) atoms. The summed E-state index contributed by atoms with van der Waals surface area (Å²) in [4.78, 5) is 0. The average molecular weight is 378 g/mol. The lowest BCUT2D eigenvalue weighted by atomic mass is 10.0. The zero-order valence-corrected chi connectivity index (χ0v) is 13.5. The Balaban J connectivity index is 2.04. The molecule has 1 N–H and O–H groups in total. The van der Waals surface area contributed by atoms with Crippen LogP contribution in [0.5, 0.6) is 0 Å². The molecule has 0 aliphatic carbocycles. The molecule has 2 aromatic carbocycles. The minimum absolute atomic E-state index is 0.316.